The molecule has 1 aliphatic heterocycles. The maximum absolute atomic E-state index is 12.9. The van der Waals surface area contributed by atoms with Crippen molar-refractivity contribution in [2.45, 2.75) is 20.0 Å². The minimum atomic E-state index is -2.98. The number of alkyl halides is 2. The van der Waals surface area contributed by atoms with E-state index in [-0.39, 0.29) is 17.3 Å². The molecule has 182 valence electrons. The van der Waals surface area contributed by atoms with Crippen molar-refractivity contribution in [3.8, 4) is 16.9 Å². The first-order valence-electron chi connectivity index (χ1n) is 11.1. The number of fused-ring (bicyclic) bond motifs is 1. The summed E-state index contributed by atoms with van der Waals surface area (Å²) in [5.74, 6) is 0.841. The Balaban J connectivity index is 1.43. The van der Waals surface area contributed by atoms with E-state index in [1.165, 1.54) is 6.07 Å². The van der Waals surface area contributed by atoms with Gasteiger partial charge in [-0.2, -0.15) is 8.78 Å². The third-order valence-electron chi connectivity index (χ3n) is 6.06. The number of hydrogen-bond acceptors (Lipinski definition) is 7. The lowest BCUT2D eigenvalue weighted by Gasteiger charge is -2.26. The molecule has 1 aliphatic rings. The molecular weight excluding hydrogens is 476 g/mol. The van der Waals surface area contributed by atoms with E-state index >= 15 is 0 Å². The van der Waals surface area contributed by atoms with Crippen molar-refractivity contribution in [3.05, 3.63) is 71.9 Å². The Morgan fingerprint density at radius 1 is 1.03 bits per heavy atom. The quantitative estimate of drug-likeness (QED) is 0.401. The smallest absolute Gasteiger partial charge is 0.387 e. The summed E-state index contributed by atoms with van der Waals surface area (Å²) in [5.41, 5.74) is 4.68. The zero-order valence-corrected chi connectivity index (χ0v) is 19.8. The van der Waals surface area contributed by atoms with Crippen molar-refractivity contribution < 1.29 is 21.9 Å². The molecule has 1 saturated heterocycles. The first kappa shape index (κ1) is 23.2. The minimum Gasteiger partial charge on any atom is -0.435 e. The van der Waals surface area contributed by atoms with E-state index in [1.54, 1.807) is 30.6 Å². The lowest BCUT2D eigenvalue weighted by molar-refractivity contribution is -0.0504. The van der Waals surface area contributed by atoms with Gasteiger partial charge in [-0.3, -0.25) is 0 Å². The number of imidazole rings is 1. The first-order chi connectivity index (χ1) is 16.8. The van der Waals surface area contributed by atoms with Gasteiger partial charge in [0.1, 0.15) is 11.4 Å². The number of sulfone groups is 1. The van der Waals surface area contributed by atoms with Crippen molar-refractivity contribution >= 4 is 21.4 Å². The highest BCUT2D eigenvalue weighted by atomic mass is 32.2. The number of para-hydroxylation sites is 1. The largest absolute Gasteiger partial charge is 0.435 e. The number of aromatic nitrogens is 4. The monoisotopic (exact) mass is 499 g/mol. The Labute approximate surface area is 201 Å². The van der Waals surface area contributed by atoms with Crippen LogP contribution in [0.3, 0.4) is 0 Å². The summed E-state index contributed by atoms with van der Waals surface area (Å²) < 4.78 is 55.7. The maximum Gasteiger partial charge on any atom is 0.387 e. The van der Waals surface area contributed by atoms with Gasteiger partial charge in [0.2, 0.25) is 5.95 Å². The standard InChI is InChI=1S/C24H23F2N5O3S/c1-16-20(12-17-4-2-3-5-21(17)34-23(25)26)31-15-18(6-7-22(31)29-16)19-13-27-24(28-14-19)30-8-10-35(32,33)11-9-30/h2-7,13-15,23H,8-12H2,1H3. The van der Waals surface area contributed by atoms with Crippen LogP contribution in [0.5, 0.6) is 5.75 Å². The fraction of sp³-hybridized carbons (Fsp3) is 0.292. The number of rotatable bonds is 6. The molecule has 1 aromatic carbocycles. The molecule has 11 heteroatoms. The predicted octanol–water partition coefficient (Wildman–Crippen LogP) is 3.53. The van der Waals surface area contributed by atoms with Crippen molar-refractivity contribution in [2.75, 3.05) is 29.5 Å². The highest BCUT2D eigenvalue weighted by Gasteiger charge is 2.23. The lowest BCUT2D eigenvalue weighted by Crippen LogP contribution is -2.41. The summed E-state index contributed by atoms with van der Waals surface area (Å²) in [5, 5.41) is 0. The van der Waals surface area contributed by atoms with Gasteiger partial charge in [-0.1, -0.05) is 18.2 Å². The van der Waals surface area contributed by atoms with Crippen LogP contribution in [-0.2, 0) is 16.3 Å². The molecule has 0 N–H and O–H groups in total. The fourth-order valence-electron chi connectivity index (χ4n) is 4.18. The number of nitrogens with zero attached hydrogens (tertiary/aromatic N) is 5. The second-order valence-corrected chi connectivity index (χ2v) is 10.7. The SMILES string of the molecule is Cc1nc2ccc(-c3cnc(N4CCS(=O)(=O)CC4)nc3)cn2c1Cc1ccccc1OC(F)F. The summed E-state index contributed by atoms with van der Waals surface area (Å²) in [6.45, 7) is -0.261. The minimum absolute atomic E-state index is 0.100. The number of halogens is 2. The normalized spacial score (nSPS) is 15.6. The average Bonchev–Trinajstić information content (AvgIpc) is 3.14. The summed E-state index contributed by atoms with van der Waals surface area (Å²) in [6.07, 6.45) is 5.71. The summed E-state index contributed by atoms with van der Waals surface area (Å²) in [6, 6.07) is 10.5. The van der Waals surface area contributed by atoms with Crippen molar-refractivity contribution in [1.29, 1.82) is 0 Å². The van der Waals surface area contributed by atoms with Gasteiger partial charge in [-0.05, 0) is 25.1 Å². The van der Waals surface area contributed by atoms with Gasteiger partial charge in [0, 0.05) is 60.5 Å². The second-order valence-electron chi connectivity index (χ2n) is 8.36. The van der Waals surface area contributed by atoms with Crippen molar-refractivity contribution in [2.24, 2.45) is 0 Å². The van der Waals surface area contributed by atoms with E-state index in [2.05, 4.69) is 15.0 Å². The van der Waals surface area contributed by atoms with E-state index in [4.69, 9.17) is 4.74 Å². The van der Waals surface area contributed by atoms with Crippen LogP contribution in [0.25, 0.3) is 16.8 Å². The fourth-order valence-corrected chi connectivity index (χ4v) is 5.38. The number of aryl methyl sites for hydroxylation is 1. The molecule has 35 heavy (non-hydrogen) atoms. The van der Waals surface area contributed by atoms with E-state index in [1.807, 2.05) is 34.6 Å². The second kappa shape index (κ2) is 9.21. The number of ether oxygens (including phenoxy) is 1. The van der Waals surface area contributed by atoms with Gasteiger partial charge in [0.15, 0.2) is 9.84 Å². The van der Waals surface area contributed by atoms with Crippen LogP contribution in [0, 0.1) is 6.92 Å². The molecule has 0 amide bonds. The van der Waals surface area contributed by atoms with E-state index in [0.717, 1.165) is 28.2 Å². The van der Waals surface area contributed by atoms with Gasteiger partial charge in [0.05, 0.1) is 17.2 Å². The van der Waals surface area contributed by atoms with Crippen molar-refractivity contribution in [3.63, 3.8) is 0 Å². The first-order valence-corrected chi connectivity index (χ1v) is 12.9. The Hall–Kier alpha value is -3.60. The summed E-state index contributed by atoms with van der Waals surface area (Å²) in [4.78, 5) is 15.4. The number of anilines is 1. The van der Waals surface area contributed by atoms with Crippen molar-refractivity contribution in [1.82, 2.24) is 19.4 Å². The molecule has 3 aromatic heterocycles. The third kappa shape index (κ3) is 4.95. The molecule has 4 aromatic rings. The van der Waals surface area contributed by atoms with Gasteiger partial charge < -0.3 is 14.0 Å². The highest BCUT2D eigenvalue weighted by molar-refractivity contribution is 7.91. The number of benzene rings is 1. The molecule has 0 aliphatic carbocycles. The van der Waals surface area contributed by atoms with E-state index in [9.17, 15) is 17.2 Å². The van der Waals surface area contributed by atoms with E-state index < -0.39 is 16.4 Å². The molecule has 0 unspecified atom stereocenters. The van der Waals surface area contributed by atoms with Crippen LogP contribution in [0.15, 0.2) is 55.0 Å². The maximum atomic E-state index is 12.9. The van der Waals surface area contributed by atoms with Crippen LogP contribution in [0.2, 0.25) is 0 Å². The van der Waals surface area contributed by atoms with Crippen LogP contribution in [-0.4, -0.2) is 59.0 Å². The highest BCUT2D eigenvalue weighted by Crippen LogP contribution is 2.27. The Bertz CT molecular complexity index is 1460. The topological polar surface area (TPSA) is 89.7 Å². The predicted molar refractivity (Wildman–Crippen MR) is 128 cm³/mol. The summed E-state index contributed by atoms with van der Waals surface area (Å²) in [7, 11) is -2.98. The molecule has 0 bridgehead atoms. The molecule has 1 fully saturated rings. The molecule has 0 saturated carbocycles. The van der Waals surface area contributed by atoms with Crippen LogP contribution >= 0.6 is 0 Å². The Morgan fingerprint density at radius 2 is 1.74 bits per heavy atom. The van der Waals surface area contributed by atoms with Gasteiger partial charge in [0.25, 0.3) is 0 Å². The zero-order chi connectivity index (χ0) is 24.6. The average molecular weight is 500 g/mol. The third-order valence-corrected chi connectivity index (χ3v) is 7.67. The molecular formula is C24H23F2N5O3S. The molecule has 0 atom stereocenters. The zero-order valence-electron chi connectivity index (χ0n) is 18.9. The Kier molecular flexibility index (Phi) is 6.10. The molecule has 5 rings (SSSR count). The van der Waals surface area contributed by atoms with Gasteiger partial charge in [-0.25, -0.2) is 23.4 Å². The number of pyridine rings is 1. The van der Waals surface area contributed by atoms with E-state index in [0.29, 0.717) is 31.0 Å². The van der Waals surface area contributed by atoms with Gasteiger partial charge in [-0.15, -0.1) is 0 Å². The molecule has 8 nitrogen and oxygen atoms in total. The summed E-state index contributed by atoms with van der Waals surface area (Å²) >= 11 is 0. The molecule has 0 spiro atoms. The van der Waals surface area contributed by atoms with Crippen LogP contribution < -0.4 is 9.64 Å². The Morgan fingerprint density at radius 3 is 2.46 bits per heavy atom. The lowest BCUT2D eigenvalue weighted by atomic mass is 10.1. The molecule has 0 radical (unpaired) electrons. The number of hydrogen-bond donors (Lipinski definition) is 0. The van der Waals surface area contributed by atoms with Gasteiger partial charge >= 0.3 is 6.61 Å². The molecule has 4 heterocycles. The van der Waals surface area contributed by atoms with Crippen LogP contribution in [0.4, 0.5) is 14.7 Å². The van der Waals surface area contributed by atoms with Crippen LogP contribution in [0.1, 0.15) is 17.0 Å².